The molecule has 0 spiro atoms. The van der Waals surface area contributed by atoms with Crippen molar-refractivity contribution in [3.63, 3.8) is 0 Å². The van der Waals surface area contributed by atoms with E-state index in [-0.39, 0.29) is 5.56 Å². The molecule has 3 heterocycles. The molecule has 1 fully saturated rings. The topological polar surface area (TPSA) is 92.0 Å². The number of morpholine rings is 1. The summed E-state index contributed by atoms with van der Waals surface area (Å²) >= 11 is 1.32. The lowest BCUT2D eigenvalue weighted by Crippen LogP contribution is -2.42. The first-order valence-corrected chi connectivity index (χ1v) is 9.09. The molecule has 2 aromatic rings. The van der Waals surface area contributed by atoms with Crippen molar-refractivity contribution in [2.45, 2.75) is 25.9 Å². The maximum atomic E-state index is 12.1. The summed E-state index contributed by atoms with van der Waals surface area (Å²) in [6, 6.07) is 1.53. The lowest BCUT2D eigenvalue weighted by Gasteiger charge is -2.28. The van der Waals surface area contributed by atoms with Gasteiger partial charge in [-0.1, -0.05) is 24.7 Å². The van der Waals surface area contributed by atoms with Crippen molar-refractivity contribution in [3.8, 4) is 0 Å². The van der Waals surface area contributed by atoms with Gasteiger partial charge in [-0.05, 0) is 6.42 Å². The van der Waals surface area contributed by atoms with Crippen LogP contribution >= 0.6 is 11.3 Å². The Bertz CT molecular complexity index is 725. The first-order valence-electron chi connectivity index (χ1n) is 8.27. The van der Waals surface area contributed by atoms with Gasteiger partial charge in [-0.3, -0.25) is 9.69 Å². The molecule has 1 saturated heterocycles. The number of hydrogen-bond acceptors (Lipinski definition) is 8. The summed E-state index contributed by atoms with van der Waals surface area (Å²) in [7, 11) is 0. The lowest BCUT2D eigenvalue weighted by atomic mass is 10.2. The molecular formula is C15H23N5O3S. The van der Waals surface area contributed by atoms with Crippen molar-refractivity contribution < 1.29 is 9.84 Å². The first-order chi connectivity index (χ1) is 11.7. The predicted molar refractivity (Wildman–Crippen MR) is 92.9 cm³/mol. The fourth-order valence-corrected chi connectivity index (χ4v) is 3.49. The molecule has 1 atom stereocenters. The monoisotopic (exact) mass is 353 g/mol. The van der Waals surface area contributed by atoms with Gasteiger partial charge >= 0.3 is 0 Å². The first kappa shape index (κ1) is 17.3. The standard InChI is InChI=1S/C15H23N5O3S/c1-2-3-11-8-13(22)20-15(17-11)24-14(18-20)16-9-12(21)10-19-4-6-23-7-5-19/h8,12,21H,2-7,9-10H2,1H3,(H,16,18). The Labute approximate surface area is 144 Å². The smallest absolute Gasteiger partial charge is 0.275 e. The fourth-order valence-electron chi connectivity index (χ4n) is 2.66. The molecule has 0 bridgehead atoms. The van der Waals surface area contributed by atoms with E-state index in [9.17, 15) is 9.90 Å². The molecule has 24 heavy (non-hydrogen) atoms. The number of aryl methyl sites for hydroxylation is 1. The van der Waals surface area contributed by atoms with Crippen LogP contribution in [-0.2, 0) is 11.2 Å². The molecule has 2 aromatic heterocycles. The quantitative estimate of drug-likeness (QED) is 0.735. The molecule has 1 unspecified atom stereocenters. The van der Waals surface area contributed by atoms with Gasteiger partial charge in [-0.2, -0.15) is 4.52 Å². The minimum Gasteiger partial charge on any atom is -0.390 e. The van der Waals surface area contributed by atoms with E-state index in [0.29, 0.717) is 36.4 Å². The van der Waals surface area contributed by atoms with Crippen molar-refractivity contribution in [2.24, 2.45) is 0 Å². The molecule has 8 nitrogen and oxygen atoms in total. The molecule has 1 aliphatic heterocycles. The van der Waals surface area contributed by atoms with Crippen LogP contribution in [0.2, 0.25) is 0 Å². The number of rotatable bonds is 7. The molecule has 0 radical (unpaired) electrons. The highest BCUT2D eigenvalue weighted by atomic mass is 32.1. The second-order valence-electron chi connectivity index (χ2n) is 5.89. The highest BCUT2D eigenvalue weighted by Gasteiger charge is 2.15. The molecule has 9 heteroatoms. The van der Waals surface area contributed by atoms with Crippen LogP contribution in [0.4, 0.5) is 5.13 Å². The summed E-state index contributed by atoms with van der Waals surface area (Å²) < 4.78 is 6.60. The van der Waals surface area contributed by atoms with Crippen LogP contribution in [0, 0.1) is 0 Å². The van der Waals surface area contributed by atoms with E-state index in [4.69, 9.17) is 4.74 Å². The van der Waals surface area contributed by atoms with Gasteiger partial charge in [-0.15, -0.1) is 5.10 Å². The summed E-state index contributed by atoms with van der Waals surface area (Å²) in [5, 5.41) is 18.1. The lowest BCUT2D eigenvalue weighted by molar-refractivity contribution is 0.0171. The third-order valence-corrected chi connectivity index (χ3v) is 4.73. The van der Waals surface area contributed by atoms with Gasteiger partial charge in [0.1, 0.15) is 0 Å². The van der Waals surface area contributed by atoms with E-state index in [1.165, 1.54) is 21.9 Å². The second kappa shape index (κ2) is 8.02. The van der Waals surface area contributed by atoms with Gasteiger partial charge < -0.3 is 15.2 Å². The predicted octanol–water partition coefficient (Wildman–Crippen LogP) is 0.208. The number of nitrogens with zero attached hydrogens (tertiary/aromatic N) is 4. The van der Waals surface area contributed by atoms with E-state index in [1.54, 1.807) is 0 Å². The number of hydrogen-bond donors (Lipinski definition) is 2. The van der Waals surface area contributed by atoms with E-state index < -0.39 is 6.10 Å². The van der Waals surface area contributed by atoms with Crippen LogP contribution in [-0.4, -0.2) is 70.1 Å². The van der Waals surface area contributed by atoms with E-state index >= 15 is 0 Å². The summed E-state index contributed by atoms with van der Waals surface area (Å²) in [6.45, 7) is 6.15. The molecule has 0 aromatic carbocycles. The fraction of sp³-hybridized carbons (Fsp3) is 0.667. The number of β-amino-alcohol motifs (C(OH)–C–C–N with tert-alkyl or cyclic N) is 1. The van der Waals surface area contributed by atoms with Crippen molar-refractivity contribution in [3.05, 3.63) is 22.1 Å². The maximum absolute atomic E-state index is 12.1. The van der Waals surface area contributed by atoms with Crippen molar-refractivity contribution in [2.75, 3.05) is 44.7 Å². The summed E-state index contributed by atoms with van der Waals surface area (Å²) in [5.41, 5.74) is 0.631. The van der Waals surface area contributed by atoms with E-state index in [1.807, 2.05) is 0 Å². The Morgan fingerprint density at radius 3 is 3.00 bits per heavy atom. The van der Waals surface area contributed by atoms with Crippen molar-refractivity contribution >= 4 is 21.4 Å². The minimum absolute atomic E-state index is 0.165. The zero-order chi connectivity index (χ0) is 16.9. The number of nitrogens with one attached hydrogen (secondary N) is 1. The van der Waals surface area contributed by atoms with Crippen LogP contribution in [0.25, 0.3) is 4.96 Å². The Morgan fingerprint density at radius 2 is 2.25 bits per heavy atom. The molecule has 0 saturated carbocycles. The highest BCUT2D eigenvalue weighted by Crippen LogP contribution is 2.17. The van der Waals surface area contributed by atoms with Gasteiger partial charge in [0.2, 0.25) is 10.1 Å². The Hall–Kier alpha value is -1.55. The van der Waals surface area contributed by atoms with Crippen LogP contribution in [0.3, 0.4) is 0 Å². The number of aliphatic hydroxyl groups excluding tert-OH is 1. The average molecular weight is 353 g/mol. The highest BCUT2D eigenvalue weighted by molar-refractivity contribution is 7.20. The SMILES string of the molecule is CCCc1cc(=O)n2nc(NCC(O)CN3CCOCC3)sc2n1. The molecule has 0 aliphatic carbocycles. The number of ether oxygens (including phenoxy) is 1. The summed E-state index contributed by atoms with van der Waals surface area (Å²) in [6.07, 6.45) is 1.22. The van der Waals surface area contributed by atoms with Crippen molar-refractivity contribution in [1.29, 1.82) is 0 Å². The van der Waals surface area contributed by atoms with Gasteiger partial charge in [0, 0.05) is 37.9 Å². The molecular weight excluding hydrogens is 330 g/mol. The zero-order valence-corrected chi connectivity index (χ0v) is 14.6. The largest absolute Gasteiger partial charge is 0.390 e. The van der Waals surface area contributed by atoms with Crippen LogP contribution in [0.1, 0.15) is 19.0 Å². The van der Waals surface area contributed by atoms with Crippen LogP contribution in [0.5, 0.6) is 0 Å². The molecule has 0 amide bonds. The Morgan fingerprint density at radius 1 is 1.46 bits per heavy atom. The van der Waals surface area contributed by atoms with Crippen LogP contribution < -0.4 is 10.9 Å². The molecule has 1 aliphatic rings. The minimum atomic E-state index is -0.504. The van der Waals surface area contributed by atoms with Crippen molar-refractivity contribution in [1.82, 2.24) is 19.5 Å². The second-order valence-corrected chi connectivity index (χ2v) is 6.84. The summed E-state index contributed by atoms with van der Waals surface area (Å²) in [4.78, 5) is 19.3. The van der Waals surface area contributed by atoms with E-state index in [0.717, 1.165) is 31.6 Å². The Balaban J connectivity index is 1.60. The third-order valence-electron chi connectivity index (χ3n) is 3.87. The molecule has 2 N–H and O–H groups in total. The third kappa shape index (κ3) is 4.29. The number of fused-ring (bicyclic) bond motifs is 1. The number of aromatic nitrogens is 3. The molecule has 3 rings (SSSR count). The van der Waals surface area contributed by atoms with Gasteiger partial charge in [-0.25, -0.2) is 4.98 Å². The summed E-state index contributed by atoms with van der Waals surface area (Å²) in [5.74, 6) is 0. The van der Waals surface area contributed by atoms with E-state index in [2.05, 4.69) is 27.2 Å². The molecule has 132 valence electrons. The normalized spacial score (nSPS) is 17.2. The van der Waals surface area contributed by atoms with Gasteiger partial charge in [0.15, 0.2) is 0 Å². The van der Waals surface area contributed by atoms with Gasteiger partial charge in [0.25, 0.3) is 5.56 Å². The zero-order valence-electron chi connectivity index (χ0n) is 13.8. The number of anilines is 1. The average Bonchev–Trinajstić information content (AvgIpc) is 2.98. The Kier molecular flexibility index (Phi) is 5.77. The van der Waals surface area contributed by atoms with Gasteiger partial charge in [0.05, 0.1) is 19.3 Å². The number of aliphatic hydroxyl groups is 1. The van der Waals surface area contributed by atoms with Crippen LogP contribution in [0.15, 0.2) is 10.9 Å². The maximum Gasteiger partial charge on any atom is 0.275 e.